The smallest absolute Gasteiger partial charge is 0.323 e. The Morgan fingerprint density at radius 1 is 1.64 bits per heavy atom. The fourth-order valence-corrected chi connectivity index (χ4v) is 1.27. The van der Waals surface area contributed by atoms with Gasteiger partial charge in [0.2, 0.25) is 5.91 Å². The molecule has 80 valence electrons. The van der Waals surface area contributed by atoms with Gasteiger partial charge in [0.05, 0.1) is 13.2 Å². The van der Waals surface area contributed by atoms with E-state index in [0.29, 0.717) is 19.8 Å². The highest BCUT2D eigenvalue weighted by Crippen LogP contribution is 1.97. The Hall–Kier alpha value is -1.14. The summed E-state index contributed by atoms with van der Waals surface area (Å²) in [4.78, 5) is 23.1. The average Bonchev–Trinajstić information content (AvgIpc) is 2.17. The molecule has 0 aliphatic carbocycles. The third-order valence-corrected chi connectivity index (χ3v) is 1.97. The first kappa shape index (κ1) is 10.9. The van der Waals surface area contributed by atoms with Crippen molar-refractivity contribution in [2.75, 3.05) is 33.4 Å². The van der Waals surface area contributed by atoms with Crippen molar-refractivity contribution in [3.05, 3.63) is 0 Å². The van der Waals surface area contributed by atoms with Crippen LogP contribution in [0.3, 0.4) is 0 Å². The Labute approximate surface area is 81.8 Å². The number of amides is 1. The quantitative estimate of drug-likeness (QED) is 0.583. The third-order valence-electron chi connectivity index (χ3n) is 1.97. The molecule has 0 radical (unpaired) electrons. The highest BCUT2D eigenvalue weighted by atomic mass is 16.5. The molecule has 2 N–H and O–H groups in total. The van der Waals surface area contributed by atoms with Gasteiger partial charge in [-0.25, -0.2) is 0 Å². The van der Waals surface area contributed by atoms with Crippen LogP contribution >= 0.6 is 0 Å². The first-order chi connectivity index (χ1) is 6.61. The van der Waals surface area contributed by atoms with Crippen LogP contribution in [0, 0.1) is 0 Å². The van der Waals surface area contributed by atoms with Gasteiger partial charge in [0, 0.05) is 13.6 Å². The van der Waals surface area contributed by atoms with E-state index >= 15 is 0 Å². The molecule has 6 nitrogen and oxygen atoms in total. The highest BCUT2D eigenvalue weighted by molar-refractivity contribution is 5.85. The van der Waals surface area contributed by atoms with Crippen molar-refractivity contribution >= 4 is 11.9 Å². The molecule has 1 aliphatic heterocycles. The molecule has 1 unspecified atom stereocenters. The molecule has 0 aromatic heterocycles. The van der Waals surface area contributed by atoms with Crippen LogP contribution < -0.4 is 5.32 Å². The summed E-state index contributed by atoms with van der Waals surface area (Å²) in [7, 11) is 1.47. The first-order valence-corrected chi connectivity index (χ1v) is 4.39. The standard InChI is InChI=1S/C8H14N2O4/c1-10(4-7(11)12)8(13)6-5-14-3-2-9-6/h6,9H,2-5H2,1H3,(H,11,12). The van der Waals surface area contributed by atoms with E-state index in [0.717, 1.165) is 0 Å². The predicted molar refractivity (Wildman–Crippen MR) is 47.9 cm³/mol. The highest BCUT2D eigenvalue weighted by Gasteiger charge is 2.24. The van der Waals surface area contributed by atoms with Gasteiger partial charge < -0.3 is 20.1 Å². The lowest BCUT2D eigenvalue weighted by molar-refractivity contribution is -0.145. The normalized spacial score (nSPS) is 21.6. The number of aliphatic carboxylic acids is 1. The second-order valence-corrected chi connectivity index (χ2v) is 3.17. The second kappa shape index (κ2) is 4.92. The SMILES string of the molecule is CN(CC(=O)O)C(=O)C1COCCN1. The van der Waals surface area contributed by atoms with Gasteiger partial charge in [-0.2, -0.15) is 0 Å². The minimum absolute atomic E-state index is 0.243. The molecule has 1 aliphatic rings. The Bertz CT molecular complexity index is 225. The molecule has 0 bridgehead atoms. The Morgan fingerprint density at radius 3 is 2.86 bits per heavy atom. The van der Waals surface area contributed by atoms with E-state index in [1.165, 1.54) is 11.9 Å². The maximum Gasteiger partial charge on any atom is 0.323 e. The molecule has 6 heteroatoms. The number of nitrogens with zero attached hydrogens (tertiary/aromatic N) is 1. The topological polar surface area (TPSA) is 78.9 Å². The summed E-state index contributed by atoms with van der Waals surface area (Å²) >= 11 is 0. The Morgan fingerprint density at radius 2 is 2.36 bits per heavy atom. The molecular formula is C8H14N2O4. The van der Waals surface area contributed by atoms with E-state index in [1.807, 2.05) is 0 Å². The monoisotopic (exact) mass is 202 g/mol. The number of morpholine rings is 1. The molecule has 1 fully saturated rings. The molecule has 1 heterocycles. The molecular weight excluding hydrogens is 188 g/mol. The molecule has 1 atom stereocenters. The zero-order valence-electron chi connectivity index (χ0n) is 8.02. The minimum atomic E-state index is -1.02. The summed E-state index contributed by atoms with van der Waals surface area (Å²) in [6, 6.07) is -0.409. The first-order valence-electron chi connectivity index (χ1n) is 4.39. The second-order valence-electron chi connectivity index (χ2n) is 3.17. The van der Waals surface area contributed by atoms with Crippen molar-refractivity contribution in [2.24, 2.45) is 0 Å². The van der Waals surface area contributed by atoms with Crippen LogP contribution in [0.4, 0.5) is 0 Å². The number of hydrogen-bond donors (Lipinski definition) is 2. The predicted octanol–water partition coefficient (Wildman–Crippen LogP) is -1.48. The maximum atomic E-state index is 11.6. The van der Waals surface area contributed by atoms with Gasteiger partial charge in [-0.3, -0.25) is 9.59 Å². The van der Waals surface area contributed by atoms with Crippen LogP contribution in [0.15, 0.2) is 0 Å². The lowest BCUT2D eigenvalue weighted by Crippen LogP contribution is -2.52. The van der Waals surface area contributed by atoms with Crippen LogP contribution in [-0.2, 0) is 14.3 Å². The van der Waals surface area contributed by atoms with E-state index in [1.54, 1.807) is 0 Å². The summed E-state index contributed by atoms with van der Waals surface area (Å²) in [5.41, 5.74) is 0. The fraction of sp³-hybridized carbons (Fsp3) is 0.750. The molecule has 1 rings (SSSR count). The molecule has 14 heavy (non-hydrogen) atoms. The van der Waals surface area contributed by atoms with Crippen LogP contribution in [0.2, 0.25) is 0 Å². The number of carboxylic acids is 1. The van der Waals surface area contributed by atoms with Gasteiger partial charge in [-0.1, -0.05) is 0 Å². The summed E-state index contributed by atoms with van der Waals surface area (Å²) in [6.07, 6.45) is 0. The number of ether oxygens (including phenoxy) is 1. The largest absolute Gasteiger partial charge is 0.480 e. The van der Waals surface area contributed by atoms with Crippen molar-refractivity contribution in [2.45, 2.75) is 6.04 Å². The van der Waals surface area contributed by atoms with E-state index < -0.39 is 12.0 Å². The summed E-state index contributed by atoms with van der Waals surface area (Å²) in [6.45, 7) is 1.24. The van der Waals surface area contributed by atoms with Crippen molar-refractivity contribution in [3.8, 4) is 0 Å². The summed E-state index contributed by atoms with van der Waals surface area (Å²) in [5.74, 6) is -1.26. The van der Waals surface area contributed by atoms with Gasteiger partial charge in [-0.05, 0) is 0 Å². The number of carboxylic acid groups (broad SMARTS) is 1. The van der Waals surface area contributed by atoms with Gasteiger partial charge in [0.25, 0.3) is 0 Å². The lowest BCUT2D eigenvalue weighted by atomic mass is 10.2. The number of rotatable bonds is 3. The number of likely N-dealkylation sites (N-methyl/N-ethyl adjacent to an activating group) is 1. The van der Waals surface area contributed by atoms with Gasteiger partial charge in [0.1, 0.15) is 12.6 Å². The van der Waals surface area contributed by atoms with E-state index in [2.05, 4.69) is 5.32 Å². The summed E-state index contributed by atoms with van der Waals surface area (Å²) < 4.78 is 5.10. The zero-order valence-corrected chi connectivity index (χ0v) is 8.02. The van der Waals surface area contributed by atoms with E-state index in [9.17, 15) is 9.59 Å². The van der Waals surface area contributed by atoms with E-state index in [4.69, 9.17) is 9.84 Å². The van der Waals surface area contributed by atoms with Crippen LogP contribution in [0.1, 0.15) is 0 Å². The van der Waals surface area contributed by atoms with Crippen molar-refractivity contribution in [3.63, 3.8) is 0 Å². The van der Waals surface area contributed by atoms with Gasteiger partial charge in [0.15, 0.2) is 0 Å². The number of hydrogen-bond acceptors (Lipinski definition) is 4. The Kier molecular flexibility index (Phi) is 3.84. The Balaban J connectivity index is 2.42. The lowest BCUT2D eigenvalue weighted by Gasteiger charge is -2.26. The van der Waals surface area contributed by atoms with E-state index in [-0.39, 0.29) is 12.5 Å². The number of carbonyl (C=O) groups is 2. The van der Waals surface area contributed by atoms with Crippen molar-refractivity contribution < 1.29 is 19.4 Å². The summed E-state index contributed by atoms with van der Waals surface area (Å²) in [5, 5.41) is 11.4. The number of carbonyl (C=O) groups excluding carboxylic acids is 1. The zero-order chi connectivity index (χ0) is 10.6. The molecule has 0 aromatic rings. The molecule has 1 saturated heterocycles. The van der Waals surface area contributed by atoms with Gasteiger partial charge in [-0.15, -0.1) is 0 Å². The molecule has 0 saturated carbocycles. The number of nitrogens with one attached hydrogen (secondary N) is 1. The van der Waals surface area contributed by atoms with Crippen molar-refractivity contribution in [1.29, 1.82) is 0 Å². The maximum absolute atomic E-state index is 11.6. The molecule has 0 aromatic carbocycles. The van der Waals surface area contributed by atoms with Gasteiger partial charge >= 0.3 is 5.97 Å². The van der Waals surface area contributed by atoms with Crippen molar-refractivity contribution in [1.82, 2.24) is 10.2 Å². The van der Waals surface area contributed by atoms with Crippen LogP contribution in [-0.4, -0.2) is 61.3 Å². The molecule has 1 amide bonds. The van der Waals surface area contributed by atoms with Crippen LogP contribution in [0.25, 0.3) is 0 Å². The minimum Gasteiger partial charge on any atom is -0.480 e. The average molecular weight is 202 g/mol. The molecule has 0 spiro atoms. The third kappa shape index (κ3) is 2.97. The van der Waals surface area contributed by atoms with Crippen LogP contribution in [0.5, 0.6) is 0 Å². The fourth-order valence-electron chi connectivity index (χ4n) is 1.27.